The standard InChI is InChI=1S/C21H21FN2O4S/c1-11(25)13-8-16(26)14(10-24(2)3)19-17(13)18(21(27)28)20(29-19)23-9-12-6-4-5-7-15(12)22/h4-8,23,26H,9-10H2,1-3H3,(H,27,28). The number of phenolic OH excluding ortho intramolecular Hbond substituents is 1. The number of ketones is 1. The molecule has 2 aromatic carbocycles. The van der Waals surface area contributed by atoms with Crippen LogP contribution in [-0.2, 0) is 13.1 Å². The fraction of sp³-hybridized carbons (Fsp3) is 0.238. The summed E-state index contributed by atoms with van der Waals surface area (Å²) in [5.41, 5.74) is 1.03. The summed E-state index contributed by atoms with van der Waals surface area (Å²) in [6, 6.07) is 7.55. The molecule has 0 amide bonds. The lowest BCUT2D eigenvalue weighted by Gasteiger charge is -2.14. The molecule has 8 heteroatoms. The van der Waals surface area contributed by atoms with Gasteiger partial charge in [0.25, 0.3) is 0 Å². The van der Waals surface area contributed by atoms with Crippen molar-refractivity contribution in [2.24, 2.45) is 0 Å². The lowest BCUT2D eigenvalue weighted by Crippen LogP contribution is -2.11. The fourth-order valence-electron chi connectivity index (χ4n) is 3.21. The van der Waals surface area contributed by atoms with Gasteiger partial charge in [-0.25, -0.2) is 9.18 Å². The molecule has 0 radical (unpaired) electrons. The second-order valence-corrected chi connectivity index (χ2v) is 8.00. The van der Waals surface area contributed by atoms with Crippen molar-refractivity contribution in [3.8, 4) is 5.75 Å². The van der Waals surface area contributed by atoms with Crippen molar-refractivity contribution in [3.63, 3.8) is 0 Å². The molecule has 152 valence electrons. The number of carbonyl (C=O) groups is 2. The van der Waals surface area contributed by atoms with Gasteiger partial charge in [0.2, 0.25) is 0 Å². The normalized spacial score (nSPS) is 11.2. The van der Waals surface area contributed by atoms with E-state index in [4.69, 9.17) is 0 Å². The number of Topliss-reactive ketones (excluding diaryl/α,β-unsaturated/α-hetero) is 1. The number of hydrogen-bond acceptors (Lipinski definition) is 6. The van der Waals surface area contributed by atoms with Gasteiger partial charge in [-0.05, 0) is 33.2 Å². The smallest absolute Gasteiger partial charge is 0.339 e. The van der Waals surface area contributed by atoms with Crippen LogP contribution < -0.4 is 5.32 Å². The Balaban J connectivity index is 2.21. The Labute approximate surface area is 171 Å². The molecule has 1 heterocycles. The summed E-state index contributed by atoms with van der Waals surface area (Å²) in [5, 5.41) is 23.9. The number of aromatic hydroxyl groups is 1. The first-order chi connectivity index (χ1) is 13.7. The second-order valence-electron chi connectivity index (χ2n) is 6.98. The van der Waals surface area contributed by atoms with Crippen LogP contribution in [-0.4, -0.2) is 41.0 Å². The number of hydrogen-bond donors (Lipinski definition) is 3. The SMILES string of the molecule is CC(=O)c1cc(O)c(CN(C)C)c2sc(NCc3ccccc3F)c(C(=O)O)c12. The van der Waals surface area contributed by atoms with Gasteiger partial charge in [-0.1, -0.05) is 18.2 Å². The molecule has 0 aliphatic rings. The molecule has 3 N–H and O–H groups in total. The molecule has 0 bridgehead atoms. The molecule has 0 fully saturated rings. The number of fused-ring (bicyclic) bond motifs is 1. The highest BCUT2D eigenvalue weighted by atomic mass is 32.1. The zero-order chi connectivity index (χ0) is 21.3. The number of anilines is 1. The minimum Gasteiger partial charge on any atom is -0.508 e. The predicted octanol–water partition coefficient (Wildman–Crippen LogP) is 4.32. The van der Waals surface area contributed by atoms with Crippen molar-refractivity contribution in [1.29, 1.82) is 0 Å². The van der Waals surface area contributed by atoms with Gasteiger partial charge >= 0.3 is 5.97 Å². The third-order valence-corrected chi connectivity index (χ3v) is 5.71. The number of phenols is 1. The minimum absolute atomic E-state index is 0.0495. The summed E-state index contributed by atoms with van der Waals surface area (Å²) < 4.78 is 14.5. The van der Waals surface area contributed by atoms with Crippen LogP contribution in [0.1, 0.15) is 38.8 Å². The Morgan fingerprint density at radius 2 is 1.93 bits per heavy atom. The largest absolute Gasteiger partial charge is 0.508 e. The van der Waals surface area contributed by atoms with Crippen LogP contribution in [0.3, 0.4) is 0 Å². The zero-order valence-corrected chi connectivity index (χ0v) is 17.1. The molecular weight excluding hydrogens is 395 g/mol. The van der Waals surface area contributed by atoms with E-state index in [0.29, 0.717) is 32.8 Å². The molecular formula is C21H21FN2O4S. The van der Waals surface area contributed by atoms with Crippen LogP contribution in [0.5, 0.6) is 5.75 Å². The van der Waals surface area contributed by atoms with E-state index >= 15 is 0 Å². The van der Waals surface area contributed by atoms with Crippen LogP contribution in [0.25, 0.3) is 10.1 Å². The topological polar surface area (TPSA) is 89.9 Å². The van der Waals surface area contributed by atoms with Crippen molar-refractivity contribution in [3.05, 3.63) is 58.4 Å². The van der Waals surface area contributed by atoms with E-state index < -0.39 is 11.8 Å². The number of nitrogens with zero attached hydrogens (tertiary/aromatic N) is 1. The highest BCUT2D eigenvalue weighted by Gasteiger charge is 2.26. The number of halogens is 1. The summed E-state index contributed by atoms with van der Waals surface area (Å²) >= 11 is 1.14. The fourth-order valence-corrected chi connectivity index (χ4v) is 4.45. The molecule has 29 heavy (non-hydrogen) atoms. The molecule has 0 saturated carbocycles. The van der Waals surface area contributed by atoms with Gasteiger partial charge in [-0.2, -0.15) is 0 Å². The van der Waals surface area contributed by atoms with Crippen LogP contribution >= 0.6 is 11.3 Å². The van der Waals surface area contributed by atoms with Crippen molar-refractivity contribution < 1.29 is 24.2 Å². The summed E-state index contributed by atoms with van der Waals surface area (Å²) in [4.78, 5) is 26.1. The maximum atomic E-state index is 14.0. The second kappa shape index (κ2) is 8.18. The number of thiophene rings is 1. The van der Waals surface area contributed by atoms with E-state index in [9.17, 15) is 24.2 Å². The van der Waals surface area contributed by atoms with E-state index in [1.165, 1.54) is 19.1 Å². The summed E-state index contributed by atoms with van der Waals surface area (Å²) in [7, 11) is 3.65. The molecule has 0 spiro atoms. The summed E-state index contributed by atoms with van der Waals surface area (Å²) in [6.07, 6.45) is 0. The number of carboxylic acid groups (broad SMARTS) is 1. The molecule has 0 unspecified atom stereocenters. The molecule has 0 aliphatic heterocycles. The maximum absolute atomic E-state index is 14.0. The molecule has 3 rings (SSSR count). The Hall–Kier alpha value is -2.97. The molecule has 6 nitrogen and oxygen atoms in total. The lowest BCUT2D eigenvalue weighted by molar-refractivity contribution is 0.0700. The van der Waals surface area contributed by atoms with E-state index in [-0.39, 0.29) is 29.2 Å². The molecule has 3 aromatic rings. The number of rotatable bonds is 7. The van der Waals surface area contributed by atoms with Gasteiger partial charge in [0.05, 0.1) is 0 Å². The molecule has 0 aliphatic carbocycles. The van der Waals surface area contributed by atoms with Gasteiger partial charge < -0.3 is 20.4 Å². The Morgan fingerprint density at radius 3 is 2.52 bits per heavy atom. The highest BCUT2D eigenvalue weighted by Crippen LogP contribution is 2.43. The highest BCUT2D eigenvalue weighted by molar-refractivity contribution is 7.23. The van der Waals surface area contributed by atoms with Gasteiger partial charge in [0, 0.05) is 39.9 Å². The number of nitrogens with one attached hydrogen (secondary N) is 1. The number of benzene rings is 2. The van der Waals surface area contributed by atoms with Crippen LogP contribution in [0.4, 0.5) is 9.39 Å². The lowest BCUT2D eigenvalue weighted by atomic mass is 9.99. The van der Waals surface area contributed by atoms with Crippen LogP contribution in [0, 0.1) is 5.82 Å². The van der Waals surface area contributed by atoms with E-state index in [2.05, 4.69) is 5.32 Å². The molecule has 0 saturated heterocycles. The third kappa shape index (κ3) is 4.08. The maximum Gasteiger partial charge on any atom is 0.339 e. The average Bonchev–Trinajstić information content (AvgIpc) is 3.02. The summed E-state index contributed by atoms with van der Waals surface area (Å²) in [5.74, 6) is -2.00. The monoisotopic (exact) mass is 416 g/mol. The van der Waals surface area contributed by atoms with Gasteiger partial charge in [0.1, 0.15) is 22.1 Å². The van der Waals surface area contributed by atoms with E-state index in [1.54, 1.807) is 18.2 Å². The van der Waals surface area contributed by atoms with E-state index in [0.717, 1.165) is 11.3 Å². The predicted molar refractivity (Wildman–Crippen MR) is 112 cm³/mol. The number of carbonyl (C=O) groups excluding carboxylic acids is 1. The Bertz CT molecular complexity index is 1110. The number of aromatic carboxylic acids is 1. The number of carboxylic acids is 1. The van der Waals surface area contributed by atoms with Gasteiger partial charge in [-0.3, -0.25) is 4.79 Å². The zero-order valence-electron chi connectivity index (χ0n) is 16.2. The van der Waals surface area contributed by atoms with Gasteiger partial charge in [-0.15, -0.1) is 11.3 Å². The first-order valence-electron chi connectivity index (χ1n) is 8.88. The van der Waals surface area contributed by atoms with Gasteiger partial charge in [0.15, 0.2) is 5.78 Å². The summed E-state index contributed by atoms with van der Waals surface area (Å²) in [6.45, 7) is 1.78. The van der Waals surface area contributed by atoms with Crippen LogP contribution in [0.2, 0.25) is 0 Å². The molecule has 1 aromatic heterocycles. The third-order valence-electron chi connectivity index (χ3n) is 4.51. The first-order valence-corrected chi connectivity index (χ1v) is 9.70. The first kappa shape index (κ1) is 20.8. The minimum atomic E-state index is -1.20. The van der Waals surface area contributed by atoms with Crippen LogP contribution in [0.15, 0.2) is 30.3 Å². The van der Waals surface area contributed by atoms with E-state index in [1.807, 2.05) is 19.0 Å². The van der Waals surface area contributed by atoms with Crippen molar-refractivity contribution >= 4 is 38.2 Å². The van der Waals surface area contributed by atoms with Crippen molar-refractivity contribution in [1.82, 2.24) is 4.90 Å². The van der Waals surface area contributed by atoms with Crippen molar-refractivity contribution in [2.45, 2.75) is 20.0 Å². The van der Waals surface area contributed by atoms with Crippen molar-refractivity contribution in [2.75, 3.05) is 19.4 Å². The Kier molecular flexibility index (Phi) is 5.86. The molecule has 0 atom stereocenters. The quantitative estimate of drug-likeness (QED) is 0.497. The Morgan fingerprint density at radius 1 is 1.24 bits per heavy atom. The average molecular weight is 416 g/mol.